The lowest BCUT2D eigenvalue weighted by Gasteiger charge is -2.13. The number of fused-ring (bicyclic) bond motifs is 1. The van der Waals surface area contributed by atoms with E-state index in [-0.39, 0.29) is 5.56 Å². The summed E-state index contributed by atoms with van der Waals surface area (Å²) in [6.07, 6.45) is 6.90. The number of hydrogen-bond donors (Lipinski definition) is 0. The Balaban J connectivity index is 1.29. The monoisotopic (exact) mass is 439 g/mol. The van der Waals surface area contributed by atoms with Crippen LogP contribution in [0.3, 0.4) is 0 Å². The number of benzene rings is 1. The van der Waals surface area contributed by atoms with Crippen molar-refractivity contribution in [2.45, 2.75) is 42.7 Å². The van der Waals surface area contributed by atoms with Crippen LogP contribution in [0.25, 0.3) is 16.3 Å². The van der Waals surface area contributed by atoms with Crippen molar-refractivity contribution >= 4 is 28.1 Å². The van der Waals surface area contributed by atoms with Crippen LogP contribution >= 0.6 is 23.1 Å². The fraction of sp³-hybridized carbons (Fsp3) is 0.333. The summed E-state index contributed by atoms with van der Waals surface area (Å²) >= 11 is 2.97. The summed E-state index contributed by atoms with van der Waals surface area (Å²) < 4.78 is 9.56. The minimum absolute atomic E-state index is 0.0598. The molecule has 1 fully saturated rings. The molecule has 0 saturated heterocycles. The minimum atomic E-state index is -0.0598. The Hall–Kier alpha value is -2.65. The highest BCUT2D eigenvalue weighted by Gasteiger charge is 2.17. The SMILES string of the molecule is Cn1c(SCc2cc(=O)n3ccsc3n2)nnc1-c1ccc(OC2CCCC2)cc1. The van der Waals surface area contributed by atoms with Gasteiger partial charge in [0.1, 0.15) is 5.75 Å². The van der Waals surface area contributed by atoms with E-state index in [2.05, 4.69) is 15.2 Å². The Morgan fingerprint density at radius 2 is 2.00 bits per heavy atom. The van der Waals surface area contributed by atoms with E-state index in [1.807, 2.05) is 41.3 Å². The molecular weight excluding hydrogens is 418 g/mol. The van der Waals surface area contributed by atoms with Crippen molar-refractivity contribution in [2.75, 3.05) is 0 Å². The van der Waals surface area contributed by atoms with Crippen molar-refractivity contribution in [3.05, 3.63) is 58.0 Å². The normalized spacial score (nSPS) is 14.6. The molecule has 0 spiro atoms. The molecule has 7 nitrogen and oxygen atoms in total. The summed E-state index contributed by atoms with van der Waals surface area (Å²) in [7, 11) is 1.95. The van der Waals surface area contributed by atoms with Crippen molar-refractivity contribution < 1.29 is 4.74 Å². The van der Waals surface area contributed by atoms with Crippen LogP contribution in [0.1, 0.15) is 31.4 Å². The predicted octanol–water partition coefficient (Wildman–Crippen LogP) is 4.17. The second-order valence-corrected chi connectivity index (χ2v) is 9.16. The summed E-state index contributed by atoms with van der Waals surface area (Å²) in [5, 5.41) is 11.3. The largest absolute Gasteiger partial charge is 0.490 e. The fourth-order valence-electron chi connectivity index (χ4n) is 3.67. The van der Waals surface area contributed by atoms with Gasteiger partial charge in [0, 0.05) is 36.0 Å². The molecule has 1 saturated carbocycles. The molecule has 0 atom stereocenters. The van der Waals surface area contributed by atoms with Gasteiger partial charge in [-0.05, 0) is 49.9 Å². The molecule has 4 aromatic rings. The van der Waals surface area contributed by atoms with Crippen molar-refractivity contribution in [1.82, 2.24) is 24.1 Å². The average molecular weight is 440 g/mol. The molecule has 3 aromatic heterocycles. The van der Waals surface area contributed by atoms with Crippen LogP contribution in [0.2, 0.25) is 0 Å². The Labute approximate surface area is 181 Å². The van der Waals surface area contributed by atoms with Crippen molar-refractivity contribution in [1.29, 1.82) is 0 Å². The van der Waals surface area contributed by atoms with Gasteiger partial charge in [-0.1, -0.05) is 11.8 Å². The van der Waals surface area contributed by atoms with Gasteiger partial charge in [-0.3, -0.25) is 9.20 Å². The molecule has 154 valence electrons. The molecule has 0 bridgehead atoms. The lowest BCUT2D eigenvalue weighted by molar-refractivity contribution is 0.210. The zero-order valence-electron chi connectivity index (χ0n) is 16.5. The maximum absolute atomic E-state index is 12.1. The molecule has 1 aliphatic carbocycles. The zero-order valence-corrected chi connectivity index (χ0v) is 18.2. The molecule has 9 heteroatoms. The van der Waals surface area contributed by atoms with Crippen LogP contribution < -0.4 is 10.3 Å². The maximum Gasteiger partial charge on any atom is 0.258 e. The Morgan fingerprint density at radius 3 is 2.80 bits per heavy atom. The summed E-state index contributed by atoms with van der Waals surface area (Å²) in [5.41, 5.74) is 1.67. The number of rotatable bonds is 6. The molecule has 1 aliphatic rings. The van der Waals surface area contributed by atoms with E-state index in [9.17, 15) is 4.79 Å². The van der Waals surface area contributed by atoms with E-state index in [4.69, 9.17) is 4.74 Å². The predicted molar refractivity (Wildman–Crippen MR) is 118 cm³/mol. The maximum atomic E-state index is 12.1. The molecule has 3 heterocycles. The molecule has 0 amide bonds. The third-order valence-electron chi connectivity index (χ3n) is 5.26. The van der Waals surface area contributed by atoms with Gasteiger partial charge in [-0.2, -0.15) is 0 Å². The van der Waals surface area contributed by atoms with Crippen LogP contribution in [-0.4, -0.2) is 30.3 Å². The molecule has 5 rings (SSSR count). The first-order chi connectivity index (χ1) is 14.7. The Bertz CT molecular complexity index is 1220. The first kappa shape index (κ1) is 19.3. The van der Waals surface area contributed by atoms with Crippen LogP contribution in [0.15, 0.2) is 51.9 Å². The number of nitrogens with zero attached hydrogens (tertiary/aromatic N) is 5. The number of ether oxygens (including phenoxy) is 1. The third-order valence-corrected chi connectivity index (χ3v) is 7.07. The first-order valence-electron chi connectivity index (χ1n) is 9.92. The lowest BCUT2D eigenvalue weighted by Crippen LogP contribution is -2.12. The van der Waals surface area contributed by atoms with Gasteiger partial charge in [-0.15, -0.1) is 21.5 Å². The molecule has 0 unspecified atom stereocenters. The molecule has 0 N–H and O–H groups in total. The first-order valence-corrected chi connectivity index (χ1v) is 11.8. The van der Waals surface area contributed by atoms with E-state index in [1.165, 1.54) is 35.9 Å². The standard InChI is InChI=1S/C21H21N5O2S2/c1-25-19(14-6-8-17(9-7-14)28-16-4-2-3-5-16)23-24-21(25)30-13-15-12-18(27)26-10-11-29-20(26)22-15/h6-12,16H,2-5,13H2,1H3. The summed E-state index contributed by atoms with van der Waals surface area (Å²) in [4.78, 5) is 17.4. The van der Waals surface area contributed by atoms with E-state index in [0.29, 0.717) is 16.8 Å². The van der Waals surface area contributed by atoms with E-state index in [0.717, 1.165) is 40.8 Å². The van der Waals surface area contributed by atoms with Crippen LogP contribution in [0.4, 0.5) is 0 Å². The average Bonchev–Trinajstić information content (AvgIpc) is 3.49. The van der Waals surface area contributed by atoms with Crippen LogP contribution in [-0.2, 0) is 12.8 Å². The van der Waals surface area contributed by atoms with E-state index >= 15 is 0 Å². The van der Waals surface area contributed by atoms with Crippen molar-refractivity contribution in [3.63, 3.8) is 0 Å². The fourth-order valence-corrected chi connectivity index (χ4v) is 5.22. The number of aromatic nitrogens is 5. The topological polar surface area (TPSA) is 74.3 Å². The zero-order chi connectivity index (χ0) is 20.5. The van der Waals surface area contributed by atoms with Crippen LogP contribution in [0.5, 0.6) is 5.75 Å². The number of thioether (sulfide) groups is 1. The highest BCUT2D eigenvalue weighted by atomic mass is 32.2. The second kappa shape index (κ2) is 8.23. The van der Waals surface area contributed by atoms with Crippen molar-refractivity contribution in [3.8, 4) is 17.1 Å². The van der Waals surface area contributed by atoms with Gasteiger partial charge in [0.2, 0.25) is 0 Å². The highest BCUT2D eigenvalue weighted by molar-refractivity contribution is 7.98. The van der Waals surface area contributed by atoms with Gasteiger partial charge < -0.3 is 9.30 Å². The highest BCUT2D eigenvalue weighted by Crippen LogP contribution is 2.28. The minimum Gasteiger partial charge on any atom is -0.490 e. The number of thiazole rings is 1. The summed E-state index contributed by atoms with van der Waals surface area (Å²) in [6.45, 7) is 0. The van der Waals surface area contributed by atoms with E-state index in [1.54, 1.807) is 16.7 Å². The van der Waals surface area contributed by atoms with Crippen molar-refractivity contribution in [2.24, 2.45) is 7.05 Å². The number of hydrogen-bond acceptors (Lipinski definition) is 7. The van der Waals surface area contributed by atoms with Gasteiger partial charge in [0.25, 0.3) is 5.56 Å². The quantitative estimate of drug-likeness (QED) is 0.420. The molecule has 0 radical (unpaired) electrons. The molecular formula is C21H21N5O2S2. The Morgan fingerprint density at radius 1 is 1.20 bits per heavy atom. The molecule has 1 aromatic carbocycles. The van der Waals surface area contributed by atoms with Gasteiger partial charge in [0.15, 0.2) is 15.9 Å². The van der Waals surface area contributed by atoms with Gasteiger partial charge in [0.05, 0.1) is 11.8 Å². The van der Waals surface area contributed by atoms with Crippen LogP contribution in [0, 0.1) is 0 Å². The lowest BCUT2D eigenvalue weighted by atomic mass is 10.2. The summed E-state index contributed by atoms with van der Waals surface area (Å²) in [5.74, 6) is 2.26. The molecule has 30 heavy (non-hydrogen) atoms. The smallest absolute Gasteiger partial charge is 0.258 e. The summed E-state index contributed by atoms with van der Waals surface area (Å²) in [6, 6.07) is 9.63. The van der Waals surface area contributed by atoms with Gasteiger partial charge in [-0.25, -0.2) is 4.98 Å². The third kappa shape index (κ3) is 3.87. The second-order valence-electron chi connectivity index (χ2n) is 7.34. The Kier molecular flexibility index (Phi) is 5.30. The van der Waals surface area contributed by atoms with E-state index < -0.39 is 0 Å². The van der Waals surface area contributed by atoms with Gasteiger partial charge >= 0.3 is 0 Å². The molecule has 0 aliphatic heterocycles.